The molecule has 2 saturated heterocycles. The Hall–Kier alpha value is -2.94. The Labute approximate surface area is 212 Å². The van der Waals surface area contributed by atoms with E-state index in [4.69, 9.17) is 23.7 Å². The molecule has 2 aromatic carbocycles. The van der Waals surface area contributed by atoms with Gasteiger partial charge in [0.1, 0.15) is 29.7 Å². The molecule has 2 heterocycles. The van der Waals surface area contributed by atoms with Crippen LogP contribution in [0.4, 0.5) is 4.79 Å². The van der Waals surface area contributed by atoms with Gasteiger partial charge in [0, 0.05) is 5.56 Å². The summed E-state index contributed by atoms with van der Waals surface area (Å²) in [5, 5.41) is 0. The van der Waals surface area contributed by atoms with Crippen molar-refractivity contribution in [3.8, 4) is 5.75 Å². The lowest BCUT2D eigenvalue weighted by Gasteiger charge is -2.34. The maximum Gasteiger partial charge on any atom is 0.413 e. The van der Waals surface area contributed by atoms with Crippen LogP contribution in [0.2, 0.25) is 0 Å². The summed E-state index contributed by atoms with van der Waals surface area (Å²) in [5.41, 5.74) is 0.379. The van der Waals surface area contributed by atoms with Crippen molar-refractivity contribution in [2.75, 3.05) is 19.8 Å². The van der Waals surface area contributed by atoms with Crippen molar-refractivity contribution >= 4 is 11.9 Å². The van der Waals surface area contributed by atoms with Gasteiger partial charge >= 0.3 is 6.09 Å². The lowest BCUT2D eigenvalue weighted by molar-refractivity contribution is -0.183. The minimum absolute atomic E-state index is 0.0725. The summed E-state index contributed by atoms with van der Waals surface area (Å²) in [6, 6.07) is 14.2. The Balaban J connectivity index is 1.61. The number of hydrogen-bond donors (Lipinski definition) is 0. The zero-order valence-corrected chi connectivity index (χ0v) is 21.6. The van der Waals surface area contributed by atoms with E-state index in [1.54, 1.807) is 52.8 Å². The van der Waals surface area contributed by atoms with Crippen LogP contribution in [0.1, 0.15) is 68.8 Å². The molecule has 8 heteroatoms. The van der Waals surface area contributed by atoms with Crippen LogP contribution in [0, 0.1) is 0 Å². The van der Waals surface area contributed by atoms with Gasteiger partial charge in [0.15, 0.2) is 12.1 Å². The second kappa shape index (κ2) is 10.6. The molecule has 2 aliphatic rings. The minimum atomic E-state index is -0.986. The normalized spacial score (nSPS) is 20.2. The highest BCUT2D eigenvalue weighted by molar-refractivity contribution is 6.02. The Kier molecular flexibility index (Phi) is 7.68. The van der Waals surface area contributed by atoms with Crippen molar-refractivity contribution in [2.45, 2.75) is 71.3 Å². The maximum absolute atomic E-state index is 13.7. The van der Waals surface area contributed by atoms with Crippen LogP contribution < -0.4 is 4.74 Å². The molecule has 194 valence electrons. The number of nitrogens with zero attached hydrogens (tertiary/aromatic N) is 1. The molecular formula is C28H35NO7. The van der Waals surface area contributed by atoms with E-state index >= 15 is 0 Å². The molecule has 8 nitrogen and oxygen atoms in total. The molecule has 0 radical (unpaired) electrons. The summed E-state index contributed by atoms with van der Waals surface area (Å²) in [6.07, 6.45) is -0.435. The van der Waals surface area contributed by atoms with Crippen LogP contribution in [0.15, 0.2) is 48.5 Å². The van der Waals surface area contributed by atoms with E-state index in [2.05, 4.69) is 0 Å². The van der Waals surface area contributed by atoms with Crippen molar-refractivity contribution in [1.29, 1.82) is 0 Å². The number of hydrogen-bond acceptors (Lipinski definition) is 7. The Morgan fingerprint density at radius 3 is 2.42 bits per heavy atom. The van der Waals surface area contributed by atoms with Crippen LogP contribution in [0.3, 0.4) is 0 Å². The summed E-state index contributed by atoms with van der Waals surface area (Å²) in [4.78, 5) is 28.1. The number of rotatable bonds is 6. The number of ether oxygens (including phenoxy) is 5. The number of ketones is 1. The van der Waals surface area contributed by atoms with Crippen LogP contribution >= 0.6 is 0 Å². The second-order valence-electron chi connectivity index (χ2n) is 10.4. The summed E-state index contributed by atoms with van der Waals surface area (Å²) >= 11 is 0. The van der Waals surface area contributed by atoms with Crippen molar-refractivity contribution in [3.63, 3.8) is 0 Å². The monoisotopic (exact) mass is 497 g/mol. The zero-order valence-electron chi connectivity index (χ0n) is 21.6. The molecule has 0 aromatic heterocycles. The highest BCUT2D eigenvalue weighted by Gasteiger charge is 2.49. The minimum Gasteiger partial charge on any atom is -0.488 e. The van der Waals surface area contributed by atoms with Crippen LogP contribution in [0.5, 0.6) is 5.75 Å². The summed E-state index contributed by atoms with van der Waals surface area (Å²) in [7, 11) is 0. The summed E-state index contributed by atoms with van der Waals surface area (Å²) in [6.45, 7) is 10.4. The molecular weight excluding hydrogens is 462 g/mol. The van der Waals surface area contributed by atoms with E-state index in [-0.39, 0.29) is 12.4 Å². The summed E-state index contributed by atoms with van der Waals surface area (Å²) in [5.74, 6) is 0.326. The number of Topliss-reactive ketones (excluding diaryl/α,β-unsaturated/α-hetero) is 1. The predicted octanol–water partition coefficient (Wildman–Crippen LogP) is 5.26. The van der Waals surface area contributed by atoms with Gasteiger partial charge in [-0.25, -0.2) is 4.79 Å². The van der Waals surface area contributed by atoms with Crippen molar-refractivity contribution in [2.24, 2.45) is 0 Å². The molecule has 4 rings (SSSR count). The quantitative estimate of drug-likeness (QED) is 0.504. The zero-order chi connectivity index (χ0) is 25.9. The average Bonchev–Trinajstić information content (AvgIpc) is 3.17. The van der Waals surface area contributed by atoms with E-state index in [9.17, 15) is 9.59 Å². The lowest BCUT2D eigenvalue weighted by Crippen LogP contribution is -2.52. The van der Waals surface area contributed by atoms with E-state index in [1.807, 2.05) is 30.3 Å². The first-order valence-electron chi connectivity index (χ1n) is 12.3. The fourth-order valence-electron chi connectivity index (χ4n) is 4.27. The molecule has 2 aliphatic heterocycles. The molecule has 0 saturated carbocycles. The van der Waals surface area contributed by atoms with Gasteiger partial charge in [0.05, 0.1) is 25.4 Å². The predicted molar refractivity (Wildman–Crippen MR) is 133 cm³/mol. The Morgan fingerprint density at radius 1 is 1.06 bits per heavy atom. The van der Waals surface area contributed by atoms with Gasteiger partial charge < -0.3 is 23.7 Å². The molecule has 0 unspecified atom stereocenters. The smallest absolute Gasteiger partial charge is 0.413 e. The average molecular weight is 498 g/mol. The molecule has 36 heavy (non-hydrogen) atoms. The fraction of sp³-hybridized carbons (Fsp3) is 0.500. The van der Waals surface area contributed by atoms with Gasteiger partial charge in [0.25, 0.3) is 0 Å². The maximum atomic E-state index is 13.7. The number of carbonyl (C=O) groups excluding carboxylic acids is 2. The molecule has 0 bridgehead atoms. The standard InChI is InChI=1S/C28H35NO7/c1-27(2,3)36-26(31)29-22(18-35-28(29,4)5)24(30)20-12-13-23(34-17-19-10-7-6-8-11-19)21(16-20)25-32-14-9-15-33-25/h6-8,10-13,16,22,25H,9,14-15,17-18H2,1-5H3/t22-/m1/s1. The van der Waals surface area contributed by atoms with Crippen LogP contribution in [0.25, 0.3) is 0 Å². The molecule has 0 N–H and O–H groups in total. The van der Waals surface area contributed by atoms with Gasteiger partial charge in [0.2, 0.25) is 0 Å². The third-order valence-corrected chi connectivity index (χ3v) is 5.99. The van der Waals surface area contributed by atoms with Gasteiger partial charge in [-0.1, -0.05) is 30.3 Å². The first-order chi connectivity index (χ1) is 17.0. The first kappa shape index (κ1) is 26.1. The van der Waals surface area contributed by atoms with Gasteiger partial charge in [-0.3, -0.25) is 9.69 Å². The van der Waals surface area contributed by atoms with Crippen molar-refractivity contribution in [1.82, 2.24) is 4.90 Å². The van der Waals surface area contributed by atoms with Crippen molar-refractivity contribution < 1.29 is 33.3 Å². The van der Waals surface area contributed by atoms with Gasteiger partial charge in [-0.2, -0.15) is 0 Å². The molecule has 0 aliphatic carbocycles. The third-order valence-electron chi connectivity index (χ3n) is 5.99. The molecule has 1 atom stereocenters. The van der Waals surface area contributed by atoms with E-state index in [1.165, 1.54) is 4.90 Å². The molecule has 1 amide bonds. The highest BCUT2D eigenvalue weighted by Crippen LogP contribution is 2.35. The number of carbonyl (C=O) groups is 2. The van der Waals surface area contributed by atoms with Gasteiger partial charge in [-0.05, 0) is 64.8 Å². The molecule has 0 spiro atoms. The highest BCUT2D eigenvalue weighted by atomic mass is 16.7. The second-order valence-corrected chi connectivity index (χ2v) is 10.4. The van der Waals surface area contributed by atoms with Gasteiger partial charge in [-0.15, -0.1) is 0 Å². The van der Waals surface area contributed by atoms with E-state index in [0.29, 0.717) is 36.7 Å². The Bertz CT molecular complexity index is 1070. The van der Waals surface area contributed by atoms with Crippen molar-refractivity contribution in [3.05, 3.63) is 65.2 Å². The number of benzene rings is 2. The lowest BCUT2D eigenvalue weighted by atomic mass is 10.00. The molecule has 2 fully saturated rings. The fourth-order valence-corrected chi connectivity index (χ4v) is 4.27. The topological polar surface area (TPSA) is 83.5 Å². The van der Waals surface area contributed by atoms with Crippen LogP contribution in [-0.4, -0.2) is 54.0 Å². The Morgan fingerprint density at radius 2 is 1.75 bits per heavy atom. The van der Waals surface area contributed by atoms with E-state index < -0.39 is 29.8 Å². The summed E-state index contributed by atoms with van der Waals surface area (Å²) < 4.78 is 29.2. The number of amides is 1. The largest absolute Gasteiger partial charge is 0.488 e. The first-order valence-corrected chi connectivity index (χ1v) is 12.3. The molecule has 2 aromatic rings. The van der Waals surface area contributed by atoms with E-state index in [0.717, 1.165) is 12.0 Å². The third kappa shape index (κ3) is 6.06. The SMILES string of the molecule is CC(C)(C)OC(=O)N1[C@@H](C(=O)c2ccc(OCc3ccccc3)c(C3OCCCO3)c2)COC1(C)C. The van der Waals surface area contributed by atoms with Crippen LogP contribution in [-0.2, 0) is 25.6 Å².